The lowest BCUT2D eigenvalue weighted by molar-refractivity contribution is -0.268. The highest BCUT2D eigenvalue weighted by Gasteiger charge is 2.73. The lowest BCUT2D eigenvalue weighted by Gasteiger charge is -2.73. The third-order valence-corrected chi connectivity index (χ3v) is 13.6. The van der Waals surface area contributed by atoms with Crippen molar-refractivity contribution in [2.45, 2.75) is 112 Å². The molecule has 0 aromatic rings. The van der Waals surface area contributed by atoms with Gasteiger partial charge in [0, 0.05) is 5.41 Å². The van der Waals surface area contributed by atoms with Crippen molar-refractivity contribution in [2.75, 3.05) is 7.11 Å². The van der Waals surface area contributed by atoms with Crippen molar-refractivity contribution in [2.24, 2.45) is 56.2 Å². The van der Waals surface area contributed by atoms with Crippen LogP contribution in [-0.4, -0.2) is 29.4 Å². The van der Waals surface area contributed by atoms with Gasteiger partial charge >= 0.3 is 5.97 Å². The lowest BCUT2D eigenvalue weighted by Crippen LogP contribution is -2.70. The van der Waals surface area contributed by atoms with Crippen LogP contribution in [-0.2, 0) is 9.53 Å². The predicted octanol–water partition coefficient (Wildman–Crippen LogP) is 6.96. The van der Waals surface area contributed by atoms with Crippen molar-refractivity contribution >= 4 is 5.97 Å². The maximum absolute atomic E-state index is 13.4. The number of ether oxygens (including phenoxy) is 1. The third kappa shape index (κ3) is 3.26. The fraction of sp³-hybridized carbons (Fsp3) is 0.875. The van der Waals surface area contributed by atoms with E-state index in [-0.39, 0.29) is 57.1 Å². The molecule has 2 N–H and O–H groups in total. The highest BCUT2D eigenvalue weighted by Crippen LogP contribution is 2.77. The Morgan fingerprint density at radius 2 is 1.62 bits per heavy atom. The highest BCUT2D eigenvalue weighted by atomic mass is 16.5. The van der Waals surface area contributed by atoms with E-state index in [0.29, 0.717) is 18.4 Å². The highest BCUT2D eigenvalue weighted by molar-refractivity contribution is 5.77. The van der Waals surface area contributed by atoms with Crippen molar-refractivity contribution in [1.29, 1.82) is 5.26 Å². The first-order chi connectivity index (χ1) is 17.0. The van der Waals surface area contributed by atoms with E-state index < -0.39 is 16.9 Å². The predicted molar refractivity (Wildman–Crippen MR) is 143 cm³/mol. The number of nitrogens with zero attached hydrogens (tertiary/aromatic N) is 1. The largest absolute Gasteiger partial charge is 0.511 e. The van der Waals surface area contributed by atoms with E-state index in [1.54, 1.807) is 0 Å². The molecule has 0 amide bonds. The van der Waals surface area contributed by atoms with Crippen molar-refractivity contribution in [3.63, 3.8) is 0 Å². The minimum absolute atomic E-state index is 0.0182. The average Bonchev–Trinajstić information content (AvgIpc) is 2.82. The van der Waals surface area contributed by atoms with Gasteiger partial charge in [0.1, 0.15) is 5.76 Å². The summed E-state index contributed by atoms with van der Waals surface area (Å²) in [6.07, 6.45) is 7.42. The maximum Gasteiger partial charge on any atom is 0.312 e. The molecule has 5 heteroatoms. The molecule has 4 fully saturated rings. The molecule has 37 heavy (non-hydrogen) atoms. The second-order valence-corrected chi connectivity index (χ2v) is 15.8. The summed E-state index contributed by atoms with van der Waals surface area (Å²) in [7, 11) is 1.53. The first kappa shape index (κ1) is 27.0. The summed E-state index contributed by atoms with van der Waals surface area (Å²) in [6, 6.07) is 2.34. The number of methoxy groups -OCH3 is 1. The van der Waals surface area contributed by atoms with E-state index in [9.17, 15) is 20.3 Å². The van der Waals surface area contributed by atoms with E-state index in [1.807, 2.05) is 0 Å². The Hall–Kier alpha value is -1.54. The summed E-state index contributed by atoms with van der Waals surface area (Å²) in [4.78, 5) is 13.4. The summed E-state index contributed by atoms with van der Waals surface area (Å²) in [5.74, 6) is 0.867. The zero-order chi connectivity index (χ0) is 27.4. The molecule has 0 radical (unpaired) electrons. The summed E-state index contributed by atoms with van der Waals surface area (Å²) in [5.41, 5.74) is -0.590. The molecule has 5 rings (SSSR count). The number of carbonyl (C=O) groups excluding carboxylic acids is 1. The average molecular weight is 512 g/mol. The zero-order valence-corrected chi connectivity index (χ0v) is 24.4. The van der Waals surface area contributed by atoms with Gasteiger partial charge in [0.15, 0.2) is 0 Å². The molecule has 0 spiro atoms. The standard InChI is InChI=1S/C32H49NO4/c1-27(2)11-13-32(26(36)37-8)14-12-31(7)24(20(32)17-27)21(34)15-23-29(5)16-19(18-33)25(35)28(3,4)22(29)9-10-30(23,31)6/h20-24,34-35H,9-17H2,1-8H3/t20-,21-,22-,23+,24-,29-,30+,31+,32-/m0/s1. The van der Waals surface area contributed by atoms with Gasteiger partial charge < -0.3 is 14.9 Å². The molecule has 5 nitrogen and oxygen atoms in total. The molecule has 0 aromatic heterocycles. The number of esters is 1. The second kappa shape index (κ2) is 8.00. The first-order valence-corrected chi connectivity index (χ1v) is 14.6. The van der Waals surface area contributed by atoms with Gasteiger partial charge in [-0.1, -0.05) is 48.5 Å². The SMILES string of the molecule is COC(=O)[C@]12CCC(C)(C)C[C@H]1[C@H]1[C@@H](O)C[C@@H]3[C@@]4(C)CC(C#N)=C(O)C(C)(C)[C@@H]4CC[C@@]3(C)[C@]1(C)CC2. The summed E-state index contributed by atoms with van der Waals surface area (Å²) < 4.78 is 5.46. The van der Waals surface area contributed by atoms with Gasteiger partial charge in [-0.25, -0.2) is 0 Å². The molecule has 0 aliphatic heterocycles. The lowest BCUT2D eigenvalue weighted by atomic mass is 9.31. The molecule has 5 aliphatic rings. The van der Waals surface area contributed by atoms with Gasteiger partial charge in [-0.05, 0) is 103 Å². The zero-order valence-electron chi connectivity index (χ0n) is 24.4. The summed E-state index contributed by atoms with van der Waals surface area (Å²) in [6.45, 7) is 16.1. The Bertz CT molecular complexity index is 1070. The van der Waals surface area contributed by atoms with Crippen LogP contribution in [0.3, 0.4) is 0 Å². The minimum atomic E-state index is -0.491. The van der Waals surface area contributed by atoms with Gasteiger partial charge in [-0.15, -0.1) is 0 Å². The van der Waals surface area contributed by atoms with Crippen LogP contribution < -0.4 is 0 Å². The fourth-order valence-corrected chi connectivity index (χ4v) is 11.5. The first-order valence-electron chi connectivity index (χ1n) is 14.6. The summed E-state index contributed by atoms with van der Waals surface area (Å²) in [5, 5.41) is 33.1. The molecule has 9 atom stereocenters. The van der Waals surface area contributed by atoms with Crippen molar-refractivity contribution < 1.29 is 19.7 Å². The molecule has 206 valence electrons. The third-order valence-electron chi connectivity index (χ3n) is 13.6. The number of nitriles is 1. The maximum atomic E-state index is 13.4. The number of aliphatic hydroxyl groups excluding tert-OH is 2. The Balaban J connectivity index is 1.62. The van der Waals surface area contributed by atoms with Crippen LogP contribution in [0.1, 0.15) is 106 Å². The molecule has 0 unspecified atom stereocenters. The Morgan fingerprint density at radius 3 is 2.24 bits per heavy atom. The van der Waals surface area contributed by atoms with E-state index in [0.717, 1.165) is 44.9 Å². The van der Waals surface area contributed by atoms with Gasteiger partial charge in [0.05, 0.1) is 30.3 Å². The number of carbonyl (C=O) groups is 1. The van der Waals surface area contributed by atoms with Crippen molar-refractivity contribution in [3.8, 4) is 6.07 Å². The molecule has 4 saturated carbocycles. The van der Waals surface area contributed by atoms with E-state index in [4.69, 9.17) is 4.74 Å². The summed E-state index contributed by atoms with van der Waals surface area (Å²) >= 11 is 0. The number of fused-ring (bicyclic) bond motifs is 7. The van der Waals surface area contributed by atoms with Crippen molar-refractivity contribution in [1.82, 2.24) is 0 Å². The van der Waals surface area contributed by atoms with Crippen LogP contribution >= 0.6 is 0 Å². The second-order valence-electron chi connectivity index (χ2n) is 15.8. The molecule has 0 saturated heterocycles. The van der Waals surface area contributed by atoms with Crippen LogP contribution in [0.2, 0.25) is 0 Å². The number of allylic oxidation sites excluding steroid dienone is 2. The van der Waals surface area contributed by atoms with Gasteiger partial charge in [-0.2, -0.15) is 5.26 Å². The molecule has 0 heterocycles. The molecular formula is C32H49NO4. The van der Waals surface area contributed by atoms with E-state index in [2.05, 4.69) is 54.5 Å². The fourth-order valence-electron chi connectivity index (χ4n) is 11.5. The normalized spacial score (nSPS) is 50.0. The monoisotopic (exact) mass is 511 g/mol. The van der Waals surface area contributed by atoms with Crippen LogP contribution in [0.15, 0.2) is 11.3 Å². The molecule has 5 aliphatic carbocycles. The van der Waals surface area contributed by atoms with Gasteiger partial charge in [-0.3, -0.25) is 4.79 Å². The minimum Gasteiger partial charge on any atom is -0.511 e. The Labute approximate surface area is 224 Å². The smallest absolute Gasteiger partial charge is 0.312 e. The molecule has 0 aromatic carbocycles. The number of aliphatic hydroxyl groups is 2. The van der Waals surface area contributed by atoms with Crippen LogP contribution in [0.25, 0.3) is 0 Å². The Kier molecular flexibility index (Phi) is 5.84. The van der Waals surface area contributed by atoms with E-state index in [1.165, 1.54) is 7.11 Å². The van der Waals surface area contributed by atoms with Crippen LogP contribution in [0.4, 0.5) is 0 Å². The van der Waals surface area contributed by atoms with Gasteiger partial charge in [0.2, 0.25) is 0 Å². The quantitative estimate of drug-likeness (QED) is 0.371. The number of hydrogen-bond donors (Lipinski definition) is 2. The molecular weight excluding hydrogens is 462 g/mol. The topological polar surface area (TPSA) is 90.5 Å². The van der Waals surface area contributed by atoms with Gasteiger partial charge in [0.25, 0.3) is 0 Å². The number of rotatable bonds is 1. The Morgan fingerprint density at radius 1 is 0.973 bits per heavy atom. The van der Waals surface area contributed by atoms with E-state index >= 15 is 0 Å². The van der Waals surface area contributed by atoms with Crippen molar-refractivity contribution in [3.05, 3.63) is 11.3 Å². The van der Waals surface area contributed by atoms with Crippen LogP contribution in [0.5, 0.6) is 0 Å². The molecule has 0 bridgehead atoms. The van der Waals surface area contributed by atoms with Crippen LogP contribution in [0, 0.1) is 67.5 Å². The number of hydrogen-bond acceptors (Lipinski definition) is 5.